The van der Waals surface area contributed by atoms with Crippen LogP contribution in [-0.4, -0.2) is 55.3 Å². The van der Waals surface area contributed by atoms with E-state index in [1.54, 1.807) is 32.4 Å². The molecule has 1 fully saturated rings. The normalized spacial score (nSPS) is 23.1. The van der Waals surface area contributed by atoms with Crippen molar-refractivity contribution in [2.75, 3.05) is 27.3 Å². The van der Waals surface area contributed by atoms with Crippen molar-refractivity contribution < 1.29 is 19.4 Å². The molecule has 2 rings (SSSR count). The number of rotatable bonds is 5. The number of aromatic hydroxyl groups is 1. The van der Waals surface area contributed by atoms with Crippen LogP contribution in [0.2, 0.25) is 0 Å². The van der Waals surface area contributed by atoms with Crippen LogP contribution < -0.4 is 0 Å². The fourth-order valence-corrected chi connectivity index (χ4v) is 2.57. The molecule has 2 unspecified atom stereocenters. The summed E-state index contributed by atoms with van der Waals surface area (Å²) in [7, 11) is 3.35. The fourth-order valence-electron chi connectivity index (χ4n) is 2.57. The topological polar surface area (TPSA) is 59.0 Å². The number of ketones is 1. The van der Waals surface area contributed by atoms with E-state index < -0.39 is 0 Å². The van der Waals surface area contributed by atoms with E-state index in [-0.39, 0.29) is 23.7 Å². The summed E-state index contributed by atoms with van der Waals surface area (Å²) >= 11 is 0. The quantitative estimate of drug-likeness (QED) is 0.827. The highest BCUT2D eigenvalue weighted by atomic mass is 16.5. The number of hydrogen-bond acceptors (Lipinski definition) is 5. The SMILES string of the molecule is COC1CN(Cc2cc(C(C)=O)ccc2O)CC1OC. The zero-order valence-corrected chi connectivity index (χ0v) is 12.1. The van der Waals surface area contributed by atoms with Crippen molar-refractivity contribution in [3.05, 3.63) is 29.3 Å². The zero-order chi connectivity index (χ0) is 14.7. The van der Waals surface area contributed by atoms with Crippen LogP contribution in [0.15, 0.2) is 18.2 Å². The maximum atomic E-state index is 11.4. The van der Waals surface area contributed by atoms with Gasteiger partial charge in [0.05, 0.1) is 12.2 Å². The lowest BCUT2D eigenvalue weighted by atomic mass is 10.1. The molecule has 1 aromatic rings. The van der Waals surface area contributed by atoms with E-state index in [1.807, 2.05) is 0 Å². The number of phenols is 1. The first-order valence-corrected chi connectivity index (χ1v) is 6.66. The van der Waals surface area contributed by atoms with Gasteiger partial charge in [0.2, 0.25) is 0 Å². The highest BCUT2D eigenvalue weighted by Crippen LogP contribution is 2.24. The second kappa shape index (κ2) is 6.35. The number of carbonyl (C=O) groups excluding carboxylic acids is 1. The van der Waals surface area contributed by atoms with Crippen LogP contribution >= 0.6 is 0 Å². The van der Waals surface area contributed by atoms with Crippen LogP contribution in [0.25, 0.3) is 0 Å². The second-order valence-electron chi connectivity index (χ2n) is 5.14. The molecule has 1 aliphatic rings. The van der Waals surface area contributed by atoms with Crippen LogP contribution in [0.4, 0.5) is 0 Å². The Morgan fingerprint density at radius 2 is 1.90 bits per heavy atom. The van der Waals surface area contributed by atoms with Crippen molar-refractivity contribution in [2.45, 2.75) is 25.7 Å². The molecule has 0 aliphatic carbocycles. The molecule has 0 radical (unpaired) electrons. The van der Waals surface area contributed by atoms with E-state index >= 15 is 0 Å². The molecule has 5 nitrogen and oxygen atoms in total. The Balaban J connectivity index is 2.11. The van der Waals surface area contributed by atoms with Crippen LogP contribution in [0.3, 0.4) is 0 Å². The van der Waals surface area contributed by atoms with Crippen LogP contribution in [0.5, 0.6) is 5.75 Å². The Labute approximate surface area is 119 Å². The average molecular weight is 279 g/mol. The van der Waals surface area contributed by atoms with Crippen LogP contribution in [-0.2, 0) is 16.0 Å². The summed E-state index contributed by atoms with van der Waals surface area (Å²) in [4.78, 5) is 13.6. The number of ether oxygens (including phenoxy) is 2. The Morgan fingerprint density at radius 3 is 2.40 bits per heavy atom. The number of benzene rings is 1. The van der Waals surface area contributed by atoms with Crippen molar-refractivity contribution >= 4 is 5.78 Å². The van der Waals surface area contributed by atoms with Gasteiger partial charge in [0.1, 0.15) is 5.75 Å². The molecule has 1 aromatic carbocycles. The third kappa shape index (κ3) is 3.17. The van der Waals surface area contributed by atoms with Crippen molar-refractivity contribution in [3.8, 4) is 5.75 Å². The molecule has 1 heterocycles. The van der Waals surface area contributed by atoms with Gasteiger partial charge in [0, 0.05) is 45.0 Å². The van der Waals surface area contributed by atoms with Crippen molar-refractivity contribution in [1.29, 1.82) is 0 Å². The summed E-state index contributed by atoms with van der Waals surface area (Å²) in [6.07, 6.45) is 0.0799. The standard InChI is InChI=1S/C15H21NO4/c1-10(17)11-4-5-13(18)12(6-11)7-16-8-14(19-2)15(9-16)20-3/h4-6,14-15,18H,7-9H2,1-3H3. The molecule has 0 aromatic heterocycles. The van der Waals surface area contributed by atoms with Gasteiger partial charge in [0.25, 0.3) is 0 Å². The zero-order valence-electron chi connectivity index (χ0n) is 12.1. The monoisotopic (exact) mass is 279 g/mol. The first-order valence-electron chi connectivity index (χ1n) is 6.66. The van der Waals surface area contributed by atoms with Gasteiger partial charge in [-0.25, -0.2) is 0 Å². The van der Waals surface area contributed by atoms with E-state index in [0.717, 1.165) is 18.7 Å². The Hall–Kier alpha value is -1.43. The minimum Gasteiger partial charge on any atom is -0.508 e. The Kier molecular flexibility index (Phi) is 4.75. The number of methoxy groups -OCH3 is 2. The summed E-state index contributed by atoms with van der Waals surface area (Å²) in [5, 5.41) is 9.92. The molecule has 1 saturated heterocycles. The Morgan fingerprint density at radius 1 is 1.30 bits per heavy atom. The van der Waals surface area contributed by atoms with E-state index in [2.05, 4.69) is 4.90 Å². The predicted molar refractivity (Wildman–Crippen MR) is 75.0 cm³/mol. The molecule has 5 heteroatoms. The van der Waals surface area contributed by atoms with Gasteiger partial charge in [-0.05, 0) is 25.1 Å². The number of nitrogens with zero attached hydrogens (tertiary/aromatic N) is 1. The van der Waals surface area contributed by atoms with E-state index in [0.29, 0.717) is 12.1 Å². The van der Waals surface area contributed by atoms with E-state index in [1.165, 1.54) is 6.92 Å². The molecule has 2 atom stereocenters. The van der Waals surface area contributed by atoms with E-state index in [9.17, 15) is 9.90 Å². The molecule has 0 amide bonds. The minimum absolute atomic E-state index is 0.00259. The lowest BCUT2D eigenvalue weighted by Crippen LogP contribution is -2.27. The molecule has 1 N–H and O–H groups in total. The predicted octanol–water partition coefficient (Wildman–Crippen LogP) is 1.44. The number of hydrogen-bond donors (Lipinski definition) is 1. The third-order valence-corrected chi connectivity index (χ3v) is 3.78. The molecular weight excluding hydrogens is 258 g/mol. The first kappa shape index (κ1) is 15.0. The van der Waals surface area contributed by atoms with Gasteiger partial charge < -0.3 is 14.6 Å². The molecule has 20 heavy (non-hydrogen) atoms. The van der Waals surface area contributed by atoms with Crippen molar-refractivity contribution in [3.63, 3.8) is 0 Å². The van der Waals surface area contributed by atoms with Gasteiger partial charge in [-0.1, -0.05) is 0 Å². The molecule has 0 spiro atoms. The fraction of sp³-hybridized carbons (Fsp3) is 0.533. The van der Waals surface area contributed by atoms with Crippen LogP contribution in [0.1, 0.15) is 22.8 Å². The first-order chi connectivity index (χ1) is 9.55. The van der Waals surface area contributed by atoms with Gasteiger partial charge in [-0.3, -0.25) is 9.69 Å². The summed E-state index contributed by atoms with van der Waals surface area (Å²) in [6.45, 7) is 3.60. The highest BCUT2D eigenvalue weighted by molar-refractivity contribution is 5.94. The lowest BCUT2D eigenvalue weighted by Gasteiger charge is -2.16. The van der Waals surface area contributed by atoms with Gasteiger partial charge in [0.15, 0.2) is 5.78 Å². The van der Waals surface area contributed by atoms with Gasteiger partial charge in [-0.2, -0.15) is 0 Å². The van der Waals surface area contributed by atoms with Gasteiger partial charge in [-0.15, -0.1) is 0 Å². The Bertz CT molecular complexity index is 477. The van der Waals surface area contributed by atoms with E-state index in [4.69, 9.17) is 9.47 Å². The highest BCUT2D eigenvalue weighted by Gasteiger charge is 2.33. The molecular formula is C15H21NO4. The molecule has 1 aliphatic heterocycles. The lowest BCUT2D eigenvalue weighted by molar-refractivity contribution is -0.00461. The average Bonchev–Trinajstić information content (AvgIpc) is 2.83. The number of phenolic OH excluding ortho intramolecular Hbond substituents is 1. The summed E-state index contributed by atoms with van der Waals surface area (Å²) < 4.78 is 10.8. The maximum Gasteiger partial charge on any atom is 0.159 e. The number of likely N-dealkylation sites (tertiary alicyclic amines) is 1. The minimum atomic E-state index is -0.00259. The number of carbonyl (C=O) groups is 1. The molecule has 0 saturated carbocycles. The maximum absolute atomic E-state index is 11.4. The molecule has 0 bridgehead atoms. The van der Waals surface area contributed by atoms with Crippen molar-refractivity contribution in [2.24, 2.45) is 0 Å². The summed E-state index contributed by atoms with van der Waals surface area (Å²) in [5.41, 5.74) is 1.37. The summed E-state index contributed by atoms with van der Waals surface area (Å²) in [6, 6.07) is 4.96. The van der Waals surface area contributed by atoms with Gasteiger partial charge >= 0.3 is 0 Å². The molecule has 110 valence electrons. The largest absolute Gasteiger partial charge is 0.508 e. The summed E-state index contributed by atoms with van der Waals surface area (Å²) in [5.74, 6) is 0.210. The third-order valence-electron chi connectivity index (χ3n) is 3.78. The smallest absolute Gasteiger partial charge is 0.159 e. The van der Waals surface area contributed by atoms with Crippen LogP contribution in [0, 0.1) is 0 Å². The number of Topliss-reactive ketones (excluding diaryl/α,β-unsaturated/α-hetero) is 1. The second-order valence-corrected chi connectivity index (χ2v) is 5.14. The van der Waals surface area contributed by atoms with Crippen molar-refractivity contribution in [1.82, 2.24) is 4.90 Å².